The largest absolute Gasteiger partial charge is 0.489 e. The first kappa shape index (κ1) is 23.6. The number of halogens is 2. The molecule has 0 bridgehead atoms. The molecule has 176 valence electrons. The van der Waals surface area contributed by atoms with E-state index < -0.39 is 29.6 Å². The van der Waals surface area contributed by atoms with E-state index in [1.165, 1.54) is 48.5 Å². The van der Waals surface area contributed by atoms with Crippen LogP contribution in [-0.4, -0.2) is 11.8 Å². The van der Waals surface area contributed by atoms with Gasteiger partial charge in [0.1, 0.15) is 30.2 Å². The molecule has 0 aliphatic rings. The van der Waals surface area contributed by atoms with E-state index in [2.05, 4.69) is 10.6 Å². The summed E-state index contributed by atoms with van der Waals surface area (Å²) in [4.78, 5) is 25.6. The molecular formula is C28H22F2N2O3. The van der Waals surface area contributed by atoms with E-state index in [9.17, 15) is 18.4 Å². The molecule has 0 radical (unpaired) electrons. The van der Waals surface area contributed by atoms with Crippen LogP contribution in [-0.2, 0) is 6.61 Å². The fourth-order valence-electron chi connectivity index (χ4n) is 3.44. The summed E-state index contributed by atoms with van der Waals surface area (Å²) in [6.45, 7) is 0.318. The van der Waals surface area contributed by atoms with Crippen LogP contribution in [0.4, 0.5) is 8.78 Å². The van der Waals surface area contributed by atoms with Gasteiger partial charge in [0, 0.05) is 0 Å². The number of ether oxygens (including phenoxy) is 1. The molecule has 5 nitrogen and oxygen atoms in total. The molecular weight excluding hydrogens is 450 g/mol. The Kier molecular flexibility index (Phi) is 7.47. The first-order chi connectivity index (χ1) is 17.0. The lowest BCUT2D eigenvalue weighted by atomic mass is 10.1. The van der Waals surface area contributed by atoms with Crippen LogP contribution >= 0.6 is 0 Å². The van der Waals surface area contributed by atoms with E-state index in [1.54, 1.807) is 24.3 Å². The maximum absolute atomic E-state index is 14.2. The standard InChI is InChI=1S/C28H22F2N2O3/c29-24-15-6-4-13-22(24)27(33)31-26(32-28(34)23-14-5-7-16-25(23)30)20-11-8-12-21(17-20)35-18-19-9-2-1-3-10-19/h1-17,26H,18H2,(H,31,33)(H,32,34). The molecule has 0 aromatic heterocycles. The molecule has 0 unspecified atom stereocenters. The molecule has 0 spiro atoms. The van der Waals surface area contributed by atoms with Crippen LogP contribution in [0, 0.1) is 11.6 Å². The van der Waals surface area contributed by atoms with E-state index in [4.69, 9.17) is 4.74 Å². The summed E-state index contributed by atoms with van der Waals surface area (Å²) in [6.07, 6.45) is -1.09. The first-order valence-electron chi connectivity index (χ1n) is 10.9. The van der Waals surface area contributed by atoms with Gasteiger partial charge in [0.2, 0.25) is 0 Å². The summed E-state index contributed by atoms with van der Waals surface area (Å²) in [5.74, 6) is -2.39. The average molecular weight is 472 g/mol. The van der Waals surface area contributed by atoms with Crippen LogP contribution in [0.1, 0.15) is 38.0 Å². The van der Waals surface area contributed by atoms with E-state index in [0.29, 0.717) is 17.9 Å². The van der Waals surface area contributed by atoms with Crippen LogP contribution in [0.25, 0.3) is 0 Å². The Bertz CT molecular complexity index is 1270. The molecule has 0 saturated heterocycles. The highest BCUT2D eigenvalue weighted by Crippen LogP contribution is 2.21. The summed E-state index contributed by atoms with van der Waals surface area (Å²) < 4.78 is 34.2. The highest BCUT2D eigenvalue weighted by atomic mass is 19.1. The quantitative estimate of drug-likeness (QED) is 0.338. The molecule has 35 heavy (non-hydrogen) atoms. The van der Waals surface area contributed by atoms with Crippen molar-refractivity contribution in [1.29, 1.82) is 0 Å². The van der Waals surface area contributed by atoms with Gasteiger partial charge >= 0.3 is 0 Å². The molecule has 4 aromatic rings. The van der Waals surface area contributed by atoms with Gasteiger partial charge in [0.25, 0.3) is 11.8 Å². The van der Waals surface area contributed by atoms with Gasteiger partial charge in [0.05, 0.1) is 11.1 Å². The summed E-state index contributed by atoms with van der Waals surface area (Å²) in [5, 5.41) is 5.25. The number of carbonyl (C=O) groups is 2. The van der Waals surface area contributed by atoms with Crippen molar-refractivity contribution in [3.8, 4) is 5.75 Å². The Morgan fingerprint density at radius 1 is 0.686 bits per heavy atom. The predicted molar refractivity (Wildman–Crippen MR) is 128 cm³/mol. The maximum atomic E-state index is 14.2. The number of nitrogens with one attached hydrogen (secondary N) is 2. The van der Waals surface area contributed by atoms with Crippen molar-refractivity contribution in [3.05, 3.63) is 137 Å². The van der Waals surface area contributed by atoms with Crippen molar-refractivity contribution >= 4 is 11.8 Å². The summed E-state index contributed by atoms with van der Waals surface area (Å²) >= 11 is 0. The Morgan fingerprint density at radius 2 is 1.23 bits per heavy atom. The lowest BCUT2D eigenvalue weighted by Gasteiger charge is -2.22. The molecule has 7 heteroatoms. The van der Waals surface area contributed by atoms with Crippen molar-refractivity contribution in [1.82, 2.24) is 10.6 Å². The second-order valence-electron chi connectivity index (χ2n) is 7.69. The molecule has 0 aliphatic heterocycles. The van der Waals surface area contributed by atoms with Crippen LogP contribution < -0.4 is 15.4 Å². The molecule has 4 aromatic carbocycles. The van der Waals surface area contributed by atoms with Crippen molar-refractivity contribution in [2.24, 2.45) is 0 Å². The third-order valence-electron chi connectivity index (χ3n) is 5.23. The molecule has 0 heterocycles. The van der Waals surface area contributed by atoms with Crippen molar-refractivity contribution in [3.63, 3.8) is 0 Å². The van der Waals surface area contributed by atoms with Crippen LogP contribution in [0.15, 0.2) is 103 Å². The first-order valence-corrected chi connectivity index (χ1v) is 10.9. The summed E-state index contributed by atoms with van der Waals surface area (Å²) in [6, 6.07) is 27.3. The van der Waals surface area contributed by atoms with Gasteiger partial charge in [-0.05, 0) is 47.5 Å². The second kappa shape index (κ2) is 11.1. The predicted octanol–water partition coefficient (Wildman–Crippen LogP) is 5.40. The molecule has 2 amide bonds. The number of rotatable bonds is 8. The minimum atomic E-state index is -1.09. The molecule has 0 atom stereocenters. The highest BCUT2D eigenvalue weighted by Gasteiger charge is 2.22. The van der Waals surface area contributed by atoms with E-state index >= 15 is 0 Å². The van der Waals surface area contributed by atoms with Crippen molar-refractivity contribution in [2.45, 2.75) is 12.8 Å². The van der Waals surface area contributed by atoms with Gasteiger partial charge < -0.3 is 15.4 Å². The Hall–Kier alpha value is -4.52. The minimum absolute atomic E-state index is 0.186. The van der Waals surface area contributed by atoms with Gasteiger partial charge in [-0.3, -0.25) is 9.59 Å². The number of amides is 2. The van der Waals surface area contributed by atoms with Crippen LogP contribution in [0.3, 0.4) is 0 Å². The zero-order valence-corrected chi connectivity index (χ0v) is 18.6. The number of hydrogen-bond acceptors (Lipinski definition) is 3. The highest BCUT2D eigenvalue weighted by molar-refractivity contribution is 5.97. The number of benzene rings is 4. The Labute approximate surface area is 201 Å². The lowest BCUT2D eigenvalue weighted by Crippen LogP contribution is -2.41. The van der Waals surface area contributed by atoms with Crippen LogP contribution in [0.5, 0.6) is 5.75 Å². The zero-order valence-electron chi connectivity index (χ0n) is 18.6. The number of hydrogen-bond donors (Lipinski definition) is 2. The average Bonchev–Trinajstić information content (AvgIpc) is 2.88. The third-order valence-corrected chi connectivity index (χ3v) is 5.23. The van der Waals surface area contributed by atoms with E-state index in [0.717, 1.165) is 5.56 Å². The van der Waals surface area contributed by atoms with E-state index in [-0.39, 0.29) is 11.1 Å². The Morgan fingerprint density at radius 3 is 1.80 bits per heavy atom. The smallest absolute Gasteiger partial charge is 0.256 e. The van der Waals surface area contributed by atoms with Gasteiger partial charge in [-0.2, -0.15) is 0 Å². The van der Waals surface area contributed by atoms with Crippen molar-refractivity contribution in [2.75, 3.05) is 0 Å². The van der Waals surface area contributed by atoms with Crippen molar-refractivity contribution < 1.29 is 23.1 Å². The lowest BCUT2D eigenvalue weighted by molar-refractivity contribution is 0.0879. The van der Waals surface area contributed by atoms with E-state index in [1.807, 2.05) is 30.3 Å². The Balaban J connectivity index is 1.59. The fourth-order valence-corrected chi connectivity index (χ4v) is 3.44. The topological polar surface area (TPSA) is 67.4 Å². The molecule has 4 rings (SSSR count). The summed E-state index contributed by atoms with van der Waals surface area (Å²) in [7, 11) is 0. The van der Waals surface area contributed by atoms with Gasteiger partial charge in [-0.1, -0.05) is 66.7 Å². The zero-order chi connectivity index (χ0) is 24.6. The molecule has 2 N–H and O–H groups in total. The fraction of sp³-hybridized carbons (Fsp3) is 0.0714. The molecule has 0 fully saturated rings. The maximum Gasteiger partial charge on any atom is 0.256 e. The van der Waals surface area contributed by atoms with Gasteiger partial charge in [0.15, 0.2) is 0 Å². The summed E-state index contributed by atoms with van der Waals surface area (Å²) in [5.41, 5.74) is 1.06. The van der Waals surface area contributed by atoms with Gasteiger partial charge in [-0.15, -0.1) is 0 Å². The SMILES string of the molecule is O=C(NC(NC(=O)c1ccccc1F)c1cccc(OCc2ccccc2)c1)c1ccccc1F. The second-order valence-corrected chi connectivity index (χ2v) is 7.69. The number of carbonyl (C=O) groups excluding carboxylic acids is 2. The normalized spacial score (nSPS) is 10.6. The molecule has 0 aliphatic carbocycles. The van der Waals surface area contributed by atoms with Crippen LogP contribution in [0.2, 0.25) is 0 Å². The minimum Gasteiger partial charge on any atom is -0.489 e. The van der Waals surface area contributed by atoms with Gasteiger partial charge in [-0.25, -0.2) is 8.78 Å². The third kappa shape index (κ3) is 6.09. The molecule has 0 saturated carbocycles. The monoisotopic (exact) mass is 472 g/mol.